The van der Waals surface area contributed by atoms with Crippen LogP contribution in [0.2, 0.25) is 0 Å². The monoisotopic (exact) mass is 389 g/mol. The molecule has 1 aliphatic heterocycles. The van der Waals surface area contributed by atoms with Gasteiger partial charge in [0.25, 0.3) is 5.91 Å². The maximum atomic E-state index is 14.4. The third-order valence-corrected chi connectivity index (χ3v) is 6.38. The molecule has 27 heavy (non-hydrogen) atoms. The molecule has 2 atom stereocenters. The normalized spacial score (nSPS) is 21.4. The van der Waals surface area contributed by atoms with Crippen molar-refractivity contribution in [2.24, 2.45) is 10.7 Å². The van der Waals surface area contributed by atoms with Crippen molar-refractivity contribution in [3.8, 4) is 0 Å². The number of nitrogens with two attached hydrogens (primary N) is 1. The topological polar surface area (TPSA) is 110 Å². The summed E-state index contributed by atoms with van der Waals surface area (Å²) in [6.45, 7) is 5.25. The summed E-state index contributed by atoms with van der Waals surface area (Å²) in [4.78, 5) is 24.7. The van der Waals surface area contributed by atoms with Gasteiger partial charge in [0, 0.05) is 28.2 Å². The summed E-state index contributed by atoms with van der Waals surface area (Å²) in [5.74, 6) is -0.579. The Bertz CT molecular complexity index is 943. The van der Waals surface area contributed by atoms with Crippen LogP contribution >= 0.6 is 0 Å². The maximum absolute atomic E-state index is 14.4. The van der Waals surface area contributed by atoms with Crippen LogP contribution in [0.25, 0.3) is 0 Å². The first-order chi connectivity index (χ1) is 12.7. The highest BCUT2D eigenvalue weighted by molar-refractivity contribution is 7.87. The molecule has 0 saturated heterocycles. The molecule has 0 radical (unpaired) electrons. The van der Waals surface area contributed by atoms with Crippen molar-refractivity contribution in [1.82, 2.24) is 9.97 Å². The van der Waals surface area contributed by atoms with Crippen molar-refractivity contribution < 1.29 is 13.4 Å². The molecule has 9 heteroatoms. The molecule has 1 aliphatic rings. The molecule has 2 unspecified atom stereocenters. The second-order valence-corrected chi connectivity index (χ2v) is 8.83. The molecule has 7 nitrogen and oxygen atoms in total. The Labute approximate surface area is 158 Å². The van der Waals surface area contributed by atoms with Crippen molar-refractivity contribution in [3.63, 3.8) is 0 Å². The minimum atomic E-state index is -1.30. The smallest absolute Gasteiger partial charge is 0.275 e. The second kappa shape index (κ2) is 7.15. The molecule has 0 fully saturated rings. The van der Waals surface area contributed by atoms with Crippen molar-refractivity contribution >= 4 is 28.2 Å². The Balaban J connectivity index is 1.87. The highest BCUT2D eigenvalue weighted by Crippen LogP contribution is 2.32. The lowest BCUT2D eigenvalue weighted by molar-refractivity contribution is 0.102. The summed E-state index contributed by atoms with van der Waals surface area (Å²) in [5, 5.41) is 2.66. The molecule has 142 valence electrons. The number of aryl methyl sites for hydroxylation is 1. The fraction of sp³-hybridized carbons (Fsp3) is 0.333. The molecule has 1 aromatic heterocycles. The van der Waals surface area contributed by atoms with Gasteiger partial charge in [-0.3, -0.25) is 19.0 Å². The van der Waals surface area contributed by atoms with Crippen LogP contribution < -0.4 is 11.1 Å². The van der Waals surface area contributed by atoms with Crippen molar-refractivity contribution in [3.05, 3.63) is 53.4 Å². The van der Waals surface area contributed by atoms with Gasteiger partial charge in [0.2, 0.25) is 0 Å². The standard InChI is InChI=1S/C18H20FN5O2S/c1-10-7-22-14(8-21-10)16(25)23-11-4-5-13(19)12(6-11)15-9-27(26)18(2,3)17(20)24-15/h4-8,15H,9H2,1-3H3,(H2,20,24)(H,23,25). The molecular weight excluding hydrogens is 369 g/mol. The van der Waals surface area contributed by atoms with E-state index in [9.17, 15) is 13.4 Å². The van der Waals surface area contributed by atoms with Crippen LogP contribution in [-0.2, 0) is 10.8 Å². The summed E-state index contributed by atoms with van der Waals surface area (Å²) in [6, 6.07) is 3.48. The third-order valence-electron chi connectivity index (χ3n) is 4.42. The SMILES string of the molecule is Cc1cnc(C(=O)Nc2ccc(F)c(C3CS(=O)C(C)(C)C(N)=N3)c2)cn1. The van der Waals surface area contributed by atoms with E-state index < -0.39 is 33.3 Å². The average Bonchev–Trinajstić information content (AvgIpc) is 2.62. The number of aliphatic imine (C=N–C) groups is 1. The van der Waals surface area contributed by atoms with E-state index in [1.807, 2.05) is 0 Å². The number of aromatic nitrogens is 2. The van der Waals surface area contributed by atoms with Crippen LogP contribution in [0, 0.1) is 12.7 Å². The van der Waals surface area contributed by atoms with E-state index in [2.05, 4.69) is 20.3 Å². The second-order valence-electron chi connectivity index (χ2n) is 6.79. The molecule has 3 rings (SSSR count). The van der Waals surface area contributed by atoms with Crippen LogP contribution in [0.4, 0.5) is 10.1 Å². The molecule has 0 saturated carbocycles. The number of nitrogens with one attached hydrogen (secondary N) is 1. The third kappa shape index (κ3) is 3.87. The lowest BCUT2D eigenvalue weighted by atomic mass is 10.1. The molecule has 0 aliphatic carbocycles. The zero-order valence-electron chi connectivity index (χ0n) is 15.2. The largest absolute Gasteiger partial charge is 0.386 e. The van der Waals surface area contributed by atoms with Crippen molar-refractivity contribution in [2.45, 2.75) is 31.6 Å². The Morgan fingerprint density at radius 3 is 2.70 bits per heavy atom. The number of hydrogen-bond acceptors (Lipinski definition) is 6. The number of amides is 1. The van der Waals surface area contributed by atoms with E-state index in [0.29, 0.717) is 11.4 Å². The number of carbonyl (C=O) groups excluding carboxylic acids is 1. The van der Waals surface area contributed by atoms with Crippen LogP contribution in [0.5, 0.6) is 0 Å². The highest BCUT2D eigenvalue weighted by atomic mass is 32.2. The van der Waals surface area contributed by atoms with Gasteiger partial charge in [-0.25, -0.2) is 9.37 Å². The van der Waals surface area contributed by atoms with E-state index in [0.717, 1.165) is 0 Å². The average molecular weight is 389 g/mol. The van der Waals surface area contributed by atoms with Gasteiger partial charge in [0.05, 0.1) is 28.4 Å². The summed E-state index contributed by atoms with van der Waals surface area (Å²) in [6.07, 6.45) is 2.86. The molecular formula is C18H20FN5O2S. The summed E-state index contributed by atoms with van der Waals surface area (Å²) in [7, 11) is -1.30. The number of benzene rings is 1. The fourth-order valence-electron chi connectivity index (χ4n) is 2.57. The molecule has 2 aromatic rings. The minimum absolute atomic E-state index is 0.147. The lowest BCUT2D eigenvalue weighted by Gasteiger charge is -2.31. The number of anilines is 1. The quantitative estimate of drug-likeness (QED) is 0.835. The Morgan fingerprint density at radius 1 is 1.33 bits per heavy atom. The first-order valence-electron chi connectivity index (χ1n) is 8.30. The van der Waals surface area contributed by atoms with Crippen LogP contribution in [0.3, 0.4) is 0 Å². The lowest BCUT2D eigenvalue weighted by Crippen LogP contribution is -2.47. The Kier molecular flexibility index (Phi) is 5.05. The number of nitrogens with zero attached hydrogens (tertiary/aromatic N) is 3. The minimum Gasteiger partial charge on any atom is -0.386 e. The van der Waals surface area contributed by atoms with Crippen molar-refractivity contribution in [2.75, 3.05) is 11.1 Å². The van der Waals surface area contributed by atoms with Crippen LogP contribution in [0.15, 0.2) is 35.6 Å². The summed E-state index contributed by atoms with van der Waals surface area (Å²) in [5.41, 5.74) is 7.39. The molecule has 0 bridgehead atoms. The molecule has 3 N–H and O–H groups in total. The van der Waals surface area contributed by atoms with Gasteiger partial charge in [0.1, 0.15) is 17.3 Å². The highest BCUT2D eigenvalue weighted by Gasteiger charge is 2.37. The zero-order valence-corrected chi connectivity index (χ0v) is 16.0. The first-order valence-corrected chi connectivity index (χ1v) is 9.62. The molecule has 1 amide bonds. The Hall–Kier alpha value is -2.68. The van der Waals surface area contributed by atoms with Crippen LogP contribution in [0.1, 0.15) is 41.6 Å². The van der Waals surface area contributed by atoms with Gasteiger partial charge in [-0.15, -0.1) is 0 Å². The Morgan fingerprint density at radius 2 is 2.07 bits per heavy atom. The van der Waals surface area contributed by atoms with Gasteiger partial charge in [0.15, 0.2) is 0 Å². The number of amidine groups is 1. The van der Waals surface area contributed by atoms with E-state index >= 15 is 0 Å². The zero-order chi connectivity index (χ0) is 19.8. The number of halogens is 1. The van der Waals surface area contributed by atoms with Gasteiger partial charge in [-0.2, -0.15) is 0 Å². The number of carbonyl (C=O) groups is 1. The summed E-state index contributed by atoms with van der Waals surface area (Å²) < 4.78 is 26.1. The summed E-state index contributed by atoms with van der Waals surface area (Å²) >= 11 is 0. The maximum Gasteiger partial charge on any atom is 0.275 e. The van der Waals surface area contributed by atoms with Gasteiger partial charge in [-0.05, 0) is 39.0 Å². The first kappa shape index (κ1) is 19.1. The van der Waals surface area contributed by atoms with Gasteiger partial charge in [-0.1, -0.05) is 0 Å². The van der Waals surface area contributed by atoms with E-state index in [4.69, 9.17) is 5.73 Å². The predicted molar refractivity (Wildman–Crippen MR) is 103 cm³/mol. The van der Waals surface area contributed by atoms with Gasteiger partial charge < -0.3 is 11.1 Å². The van der Waals surface area contributed by atoms with E-state index in [-0.39, 0.29) is 22.8 Å². The van der Waals surface area contributed by atoms with Gasteiger partial charge >= 0.3 is 0 Å². The fourth-order valence-corrected chi connectivity index (χ4v) is 3.81. The molecule has 2 heterocycles. The number of hydrogen-bond donors (Lipinski definition) is 2. The molecule has 1 aromatic carbocycles. The molecule has 0 spiro atoms. The van der Waals surface area contributed by atoms with E-state index in [1.165, 1.54) is 30.6 Å². The van der Waals surface area contributed by atoms with Crippen molar-refractivity contribution in [1.29, 1.82) is 0 Å². The van der Waals surface area contributed by atoms with Crippen LogP contribution in [-0.4, -0.2) is 36.4 Å². The predicted octanol–water partition coefficient (Wildman–Crippen LogP) is 2.12. The number of rotatable bonds is 3. The van der Waals surface area contributed by atoms with E-state index in [1.54, 1.807) is 20.8 Å².